The van der Waals surface area contributed by atoms with Crippen molar-refractivity contribution in [2.75, 3.05) is 6.54 Å². The lowest BCUT2D eigenvalue weighted by molar-refractivity contribution is -0.133. The summed E-state index contributed by atoms with van der Waals surface area (Å²) in [6.45, 7) is 8.06. The van der Waals surface area contributed by atoms with Crippen LogP contribution in [0.15, 0.2) is 9.05 Å². The van der Waals surface area contributed by atoms with Crippen molar-refractivity contribution in [3.63, 3.8) is 0 Å². The normalized spacial score (nSPS) is 19.6. The van der Waals surface area contributed by atoms with Crippen molar-refractivity contribution >= 4 is 5.91 Å². The molecule has 1 fully saturated rings. The molecule has 1 amide bonds. The summed E-state index contributed by atoms with van der Waals surface area (Å²) in [5, 5.41) is 7.92. The summed E-state index contributed by atoms with van der Waals surface area (Å²) in [4.78, 5) is 19.0. The first kappa shape index (κ1) is 14.7. The molecule has 2 aromatic rings. The Bertz CT molecular complexity index is 671. The second-order valence-electron chi connectivity index (χ2n) is 5.82. The van der Waals surface area contributed by atoms with Crippen LogP contribution in [0.25, 0.3) is 0 Å². The Hall–Kier alpha value is -2.18. The lowest BCUT2D eigenvalue weighted by Crippen LogP contribution is -2.34. The van der Waals surface area contributed by atoms with Gasteiger partial charge in [-0.1, -0.05) is 10.3 Å². The summed E-state index contributed by atoms with van der Waals surface area (Å²) in [6, 6.07) is -0.104. The van der Waals surface area contributed by atoms with E-state index in [0.717, 1.165) is 24.1 Å². The smallest absolute Gasteiger partial charge is 0.230 e. The average molecular weight is 304 g/mol. The number of hydrogen-bond acceptors (Lipinski definition) is 6. The van der Waals surface area contributed by atoms with Gasteiger partial charge in [-0.05, 0) is 33.6 Å². The topological polar surface area (TPSA) is 85.3 Å². The van der Waals surface area contributed by atoms with E-state index in [0.29, 0.717) is 24.0 Å². The van der Waals surface area contributed by atoms with Crippen LogP contribution in [0, 0.1) is 20.8 Å². The van der Waals surface area contributed by atoms with Gasteiger partial charge >= 0.3 is 0 Å². The first-order valence-electron chi connectivity index (χ1n) is 7.52. The minimum Gasteiger partial charge on any atom is -0.361 e. The Labute approximate surface area is 128 Å². The molecule has 118 valence electrons. The highest BCUT2D eigenvalue weighted by molar-refractivity contribution is 5.84. The summed E-state index contributed by atoms with van der Waals surface area (Å²) in [5.41, 5.74) is 1.64. The van der Waals surface area contributed by atoms with Gasteiger partial charge in [-0.2, -0.15) is 4.98 Å². The number of carbonyl (C=O) groups is 1. The van der Waals surface area contributed by atoms with Gasteiger partial charge < -0.3 is 13.9 Å². The Morgan fingerprint density at radius 1 is 1.27 bits per heavy atom. The second-order valence-corrected chi connectivity index (χ2v) is 5.82. The number of nitrogens with zero attached hydrogens (tertiary/aromatic N) is 4. The van der Waals surface area contributed by atoms with Gasteiger partial charge in [-0.25, -0.2) is 0 Å². The van der Waals surface area contributed by atoms with Crippen LogP contribution in [0.5, 0.6) is 0 Å². The number of hydrogen-bond donors (Lipinski definition) is 0. The van der Waals surface area contributed by atoms with Crippen molar-refractivity contribution in [2.45, 2.75) is 52.5 Å². The zero-order chi connectivity index (χ0) is 15.9. The first-order valence-corrected chi connectivity index (χ1v) is 7.52. The van der Waals surface area contributed by atoms with E-state index in [4.69, 9.17) is 9.05 Å². The maximum absolute atomic E-state index is 12.9. The van der Waals surface area contributed by atoms with Gasteiger partial charge in [0, 0.05) is 19.0 Å². The van der Waals surface area contributed by atoms with Gasteiger partial charge in [-0.3, -0.25) is 4.79 Å². The van der Waals surface area contributed by atoms with Crippen LogP contribution in [0.2, 0.25) is 0 Å². The Morgan fingerprint density at radius 3 is 2.64 bits per heavy atom. The van der Waals surface area contributed by atoms with E-state index in [-0.39, 0.29) is 17.9 Å². The molecule has 0 unspecified atom stereocenters. The largest absolute Gasteiger partial charge is 0.361 e. The molecule has 1 saturated heterocycles. The molecule has 3 rings (SSSR count). The van der Waals surface area contributed by atoms with Gasteiger partial charge in [0.25, 0.3) is 0 Å². The van der Waals surface area contributed by atoms with E-state index in [9.17, 15) is 4.79 Å². The number of carbonyl (C=O) groups excluding carboxylic acids is 1. The van der Waals surface area contributed by atoms with E-state index >= 15 is 0 Å². The fraction of sp³-hybridized carbons (Fsp3) is 0.600. The SMILES string of the molecule is Cc1nc([C@@H]2CCCN2C(=O)[C@@H](C)c2c(C)noc2C)no1. The molecular formula is C15H20N4O3. The third-order valence-corrected chi connectivity index (χ3v) is 4.27. The van der Waals surface area contributed by atoms with Crippen molar-refractivity contribution in [1.29, 1.82) is 0 Å². The predicted molar refractivity (Wildman–Crippen MR) is 77.1 cm³/mol. The van der Waals surface area contributed by atoms with Crippen LogP contribution >= 0.6 is 0 Å². The molecule has 0 aliphatic carbocycles. The molecule has 0 aromatic carbocycles. The van der Waals surface area contributed by atoms with E-state index in [1.807, 2.05) is 25.7 Å². The third kappa shape index (κ3) is 2.40. The summed E-state index contributed by atoms with van der Waals surface area (Å²) in [6.07, 6.45) is 1.80. The van der Waals surface area contributed by atoms with Crippen LogP contribution < -0.4 is 0 Å². The standard InChI is InChI=1S/C15H20N4O3/c1-8(13-9(2)17-21-10(13)3)15(20)19-7-5-6-12(19)14-16-11(4)22-18-14/h8,12H,5-7H2,1-4H3/t8-,12-/m0/s1. The van der Waals surface area contributed by atoms with Crippen LogP contribution in [0.3, 0.4) is 0 Å². The van der Waals surface area contributed by atoms with Crippen molar-refractivity contribution in [3.8, 4) is 0 Å². The molecule has 22 heavy (non-hydrogen) atoms. The number of aryl methyl sites for hydroxylation is 3. The van der Waals surface area contributed by atoms with Crippen molar-refractivity contribution in [3.05, 3.63) is 28.7 Å². The van der Waals surface area contributed by atoms with E-state index in [1.54, 1.807) is 6.92 Å². The van der Waals surface area contributed by atoms with Crippen LogP contribution in [-0.2, 0) is 4.79 Å². The minimum absolute atomic E-state index is 0.0550. The molecule has 0 bridgehead atoms. The molecule has 7 nitrogen and oxygen atoms in total. The van der Waals surface area contributed by atoms with Crippen LogP contribution in [0.1, 0.15) is 60.5 Å². The van der Waals surface area contributed by atoms with E-state index in [1.165, 1.54) is 0 Å². The molecule has 7 heteroatoms. The lowest BCUT2D eigenvalue weighted by atomic mass is 9.97. The van der Waals surface area contributed by atoms with Gasteiger partial charge in [0.2, 0.25) is 11.8 Å². The van der Waals surface area contributed by atoms with Gasteiger partial charge in [-0.15, -0.1) is 0 Å². The summed E-state index contributed by atoms with van der Waals surface area (Å²) in [5.74, 6) is 1.58. The highest BCUT2D eigenvalue weighted by atomic mass is 16.5. The minimum atomic E-state index is -0.292. The summed E-state index contributed by atoms with van der Waals surface area (Å²) < 4.78 is 10.2. The zero-order valence-corrected chi connectivity index (χ0v) is 13.3. The maximum atomic E-state index is 12.9. The number of amides is 1. The number of likely N-dealkylation sites (tertiary alicyclic amines) is 1. The average Bonchev–Trinajstić information content (AvgIpc) is 3.18. The van der Waals surface area contributed by atoms with E-state index in [2.05, 4.69) is 15.3 Å². The predicted octanol–water partition coefficient (Wildman–Crippen LogP) is 2.45. The molecule has 3 heterocycles. The summed E-state index contributed by atoms with van der Waals surface area (Å²) in [7, 11) is 0. The first-order chi connectivity index (χ1) is 10.5. The molecule has 0 saturated carbocycles. The molecule has 1 aliphatic rings. The number of rotatable bonds is 3. The molecular weight excluding hydrogens is 284 g/mol. The van der Waals surface area contributed by atoms with Crippen molar-refractivity contribution in [1.82, 2.24) is 20.2 Å². The lowest BCUT2D eigenvalue weighted by Gasteiger charge is -2.25. The fourth-order valence-electron chi connectivity index (χ4n) is 3.23. The van der Waals surface area contributed by atoms with Gasteiger partial charge in [0.1, 0.15) is 5.76 Å². The van der Waals surface area contributed by atoms with Crippen LogP contribution in [0.4, 0.5) is 0 Å². The highest BCUT2D eigenvalue weighted by Crippen LogP contribution is 2.34. The molecule has 1 aliphatic heterocycles. The zero-order valence-electron chi connectivity index (χ0n) is 13.3. The quantitative estimate of drug-likeness (QED) is 0.865. The van der Waals surface area contributed by atoms with Crippen molar-refractivity contribution in [2.24, 2.45) is 0 Å². The number of aromatic nitrogens is 3. The third-order valence-electron chi connectivity index (χ3n) is 4.27. The Kier molecular flexibility index (Phi) is 3.72. The molecule has 2 aromatic heterocycles. The molecule has 0 N–H and O–H groups in total. The molecule has 0 spiro atoms. The highest BCUT2D eigenvalue weighted by Gasteiger charge is 2.36. The Morgan fingerprint density at radius 2 is 2.05 bits per heavy atom. The second kappa shape index (κ2) is 5.55. The van der Waals surface area contributed by atoms with Crippen LogP contribution in [-0.4, -0.2) is 32.6 Å². The maximum Gasteiger partial charge on any atom is 0.230 e. The summed E-state index contributed by atoms with van der Waals surface area (Å²) >= 11 is 0. The Balaban J connectivity index is 1.84. The van der Waals surface area contributed by atoms with E-state index < -0.39 is 0 Å². The van der Waals surface area contributed by atoms with Gasteiger partial charge in [0.15, 0.2) is 5.82 Å². The van der Waals surface area contributed by atoms with Gasteiger partial charge in [0.05, 0.1) is 17.7 Å². The fourth-order valence-corrected chi connectivity index (χ4v) is 3.23. The molecule has 0 radical (unpaired) electrons. The molecule has 2 atom stereocenters. The monoisotopic (exact) mass is 304 g/mol. The van der Waals surface area contributed by atoms with Crippen molar-refractivity contribution < 1.29 is 13.8 Å².